The maximum absolute atomic E-state index is 13.4. The van der Waals surface area contributed by atoms with E-state index in [9.17, 15) is 4.79 Å². The van der Waals surface area contributed by atoms with Crippen LogP contribution in [0.2, 0.25) is 10.2 Å². The number of H-pyrrole nitrogens is 1. The van der Waals surface area contributed by atoms with Gasteiger partial charge in [-0.2, -0.15) is 0 Å². The standard InChI is InChI=1S/C23H16Cl2N10O/c24-13-2-3-16(34-11-29-28-10-30-34)14(7-13)15-8-20(36)35-17(4-6-19(35)31-15)23-32-21(22(25)33-23)12-1-5-18(26)27-9-12/h1-3,5,7-9,11,17H,4,6H2,(H2,26,27)(H,32,33)/t17-/m0/s1. The molecule has 13 heteroatoms. The summed E-state index contributed by atoms with van der Waals surface area (Å²) in [5.74, 6) is 1.61. The number of imidazole rings is 1. The number of fused-ring (bicyclic) bond motifs is 1. The fraction of sp³-hybridized carbons (Fsp3) is 0.130. The van der Waals surface area contributed by atoms with E-state index in [2.05, 4.69) is 36.3 Å². The highest BCUT2D eigenvalue weighted by Gasteiger charge is 2.30. The predicted octanol–water partition coefficient (Wildman–Crippen LogP) is 3.97. The van der Waals surface area contributed by atoms with Crippen molar-refractivity contribution in [2.75, 3.05) is 10.7 Å². The number of benzene rings is 1. The molecule has 1 atom stereocenters. The zero-order chi connectivity index (χ0) is 24.8. The zero-order valence-corrected chi connectivity index (χ0v) is 19.9. The molecule has 2 aliphatic rings. The van der Waals surface area contributed by atoms with Gasteiger partial charge < -0.3 is 10.7 Å². The van der Waals surface area contributed by atoms with E-state index >= 15 is 0 Å². The second kappa shape index (κ2) is 8.72. The first-order valence-corrected chi connectivity index (χ1v) is 11.6. The molecule has 3 N–H and O–H groups in total. The van der Waals surface area contributed by atoms with Gasteiger partial charge in [0.05, 0.1) is 17.4 Å². The first-order chi connectivity index (χ1) is 17.5. The largest absolute Gasteiger partial charge is 0.384 e. The summed E-state index contributed by atoms with van der Waals surface area (Å²) in [6.45, 7) is 0. The Morgan fingerprint density at radius 3 is 2.81 bits per heavy atom. The molecule has 0 fully saturated rings. The van der Waals surface area contributed by atoms with E-state index in [1.807, 2.05) is 0 Å². The number of nitrogens with two attached hydrogens (primary N) is 1. The SMILES string of the molecule is Nc1ccc(-c2nc([C@@H]3CCc4nc(-c5cc(Cl)ccc5N5C=NN=C=N5)cc(=O)n43)[nH]c2Cl)cn1. The van der Waals surface area contributed by atoms with E-state index in [-0.39, 0.29) is 11.6 Å². The summed E-state index contributed by atoms with van der Waals surface area (Å²) < 4.78 is 1.64. The van der Waals surface area contributed by atoms with Crippen LogP contribution in [0, 0.1) is 0 Å². The van der Waals surface area contributed by atoms with Crippen molar-refractivity contribution in [3.05, 3.63) is 74.8 Å². The average Bonchev–Trinajstić information content (AvgIpc) is 3.49. The van der Waals surface area contributed by atoms with Crippen molar-refractivity contribution in [1.82, 2.24) is 24.5 Å². The minimum Gasteiger partial charge on any atom is -0.384 e. The molecule has 1 aromatic carbocycles. The number of nitrogens with zero attached hydrogens (tertiary/aromatic N) is 8. The van der Waals surface area contributed by atoms with Gasteiger partial charge >= 0.3 is 0 Å². The third kappa shape index (κ3) is 3.85. The molecule has 0 bridgehead atoms. The van der Waals surface area contributed by atoms with Crippen molar-refractivity contribution in [2.24, 2.45) is 15.3 Å². The number of pyridine rings is 1. The van der Waals surface area contributed by atoms with Crippen LogP contribution in [0.3, 0.4) is 0 Å². The van der Waals surface area contributed by atoms with Crippen molar-refractivity contribution in [3.8, 4) is 22.5 Å². The third-order valence-electron chi connectivity index (χ3n) is 5.93. The van der Waals surface area contributed by atoms with E-state index in [0.717, 1.165) is 5.56 Å². The molecule has 5 heterocycles. The van der Waals surface area contributed by atoms with Crippen LogP contribution in [-0.2, 0) is 6.42 Å². The van der Waals surface area contributed by atoms with Crippen LogP contribution in [0.15, 0.2) is 62.7 Å². The van der Waals surface area contributed by atoms with E-state index in [1.165, 1.54) is 17.4 Å². The second-order valence-corrected chi connectivity index (χ2v) is 8.93. The molecule has 0 spiro atoms. The Morgan fingerprint density at radius 1 is 1.14 bits per heavy atom. The number of anilines is 2. The van der Waals surface area contributed by atoms with Gasteiger partial charge in [0.1, 0.15) is 40.7 Å². The Kier molecular flexibility index (Phi) is 5.37. The van der Waals surface area contributed by atoms with Crippen LogP contribution >= 0.6 is 23.2 Å². The Balaban J connectivity index is 1.39. The van der Waals surface area contributed by atoms with E-state index in [0.29, 0.717) is 63.1 Å². The second-order valence-electron chi connectivity index (χ2n) is 8.11. The molecule has 0 unspecified atom stereocenters. The normalized spacial score (nSPS) is 16.1. The maximum atomic E-state index is 13.4. The summed E-state index contributed by atoms with van der Waals surface area (Å²) >= 11 is 12.7. The van der Waals surface area contributed by atoms with Gasteiger partial charge in [0, 0.05) is 34.8 Å². The number of hydrogen-bond acceptors (Lipinski definition) is 9. The van der Waals surface area contributed by atoms with Gasteiger partial charge in [0.15, 0.2) is 0 Å². The summed E-state index contributed by atoms with van der Waals surface area (Å²) in [4.78, 5) is 30.1. The molecule has 0 radical (unpaired) electrons. The van der Waals surface area contributed by atoms with Crippen LogP contribution in [0.1, 0.15) is 24.1 Å². The minimum absolute atomic E-state index is 0.218. The molecular weight excluding hydrogens is 503 g/mol. The van der Waals surface area contributed by atoms with Crippen molar-refractivity contribution in [3.63, 3.8) is 0 Å². The van der Waals surface area contributed by atoms with E-state index < -0.39 is 0 Å². The Bertz CT molecular complexity index is 1650. The summed E-state index contributed by atoms with van der Waals surface area (Å²) in [6.07, 6.45) is 4.26. The lowest BCUT2D eigenvalue weighted by Gasteiger charge is -2.18. The number of nitrogen functional groups attached to an aromatic ring is 1. The highest BCUT2D eigenvalue weighted by molar-refractivity contribution is 6.32. The molecule has 0 saturated heterocycles. The Hall–Kier alpha value is -4.31. The van der Waals surface area contributed by atoms with Crippen molar-refractivity contribution in [1.29, 1.82) is 0 Å². The Labute approximate surface area is 213 Å². The average molecular weight is 519 g/mol. The smallest absolute Gasteiger partial charge is 0.254 e. The maximum Gasteiger partial charge on any atom is 0.254 e. The van der Waals surface area contributed by atoms with Gasteiger partial charge in [-0.25, -0.2) is 20.0 Å². The van der Waals surface area contributed by atoms with Gasteiger partial charge in [-0.3, -0.25) is 9.36 Å². The van der Waals surface area contributed by atoms with Crippen LogP contribution in [0.5, 0.6) is 0 Å². The quantitative estimate of drug-likeness (QED) is 0.418. The Morgan fingerprint density at radius 2 is 2.03 bits per heavy atom. The third-order valence-corrected chi connectivity index (χ3v) is 6.44. The molecule has 0 amide bonds. The topological polar surface area (TPSA) is 143 Å². The lowest BCUT2D eigenvalue weighted by molar-refractivity contribution is 0.568. The zero-order valence-electron chi connectivity index (χ0n) is 18.4. The number of nitrogens with one attached hydrogen (secondary N) is 1. The molecule has 6 rings (SSSR count). The predicted molar refractivity (Wildman–Crippen MR) is 137 cm³/mol. The number of rotatable bonds is 4. The minimum atomic E-state index is -0.337. The van der Waals surface area contributed by atoms with Gasteiger partial charge in [-0.1, -0.05) is 33.4 Å². The van der Waals surface area contributed by atoms with Gasteiger partial charge in [-0.05, 0) is 36.8 Å². The first-order valence-electron chi connectivity index (χ1n) is 10.9. The van der Waals surface area contributed by atoms with E-state index in [4.69, 9.17) is 33.9 Å². The van der Waals surface area contributed by atoms with Crippen LogP contribution in [0.25, 0.3) is 22.5 Å². The summed E-state index contributed by atoms with van der Waals surface area (Å²) in [6, 6.07) is 12.3. The number of aromatic amines is 1. The number of hydrogen-bond donors (Lipinski definition) is 2. The fourth-order valence-corrected chi connectivity index (χ4v) is 4.75. The monoisotopic (exact) mass is 518 g/mol. The molecule has 0 aliphatic carbocycles. The molecule has 2 aliphatic heterocycles. The number of aryl methyl sites for hydroxylation is 1. The molecule has 3 aromatic heterocycles. The number of aromatic nitrogens is 5. The number of halogens is 2. The summed E-state index contributed by atoms with van der Waals surface area (Å²) in [5, 5.41) is 13.8. The van der Waals surface area contributed by atoms with Crippen LogP contribution < -0.4 is 16.3 Å². The lowest BCUT2D eigenvalue weighted by Crippen LogP contribution is -2.25. The first kappa shape index (κ1) is 22.2. The van der Waals surface area contributed by atoms with Crippen molar-refractivity contribution in [2.45, 2.75) is 18.9 Å². The number of hydrazone groups is 1. The molecule has 36 heavy (non-hydrogen) atoms. The van der Waals surface area contributed by atoms with Crippen LogP contribution in [-0.4, -0.2) is 36.8 Å². The lowest BCUT2D eigenvalue weighted by atomic mass is 10.1. The van der Waals surface area contributed by atoms with Gasteiger partial charge in [-0.15, -0.1) is 5.10 Å². The molecule has 0 saturated carbocycles. The van der Waals surface area contributed by atoms with Crippen LogP contribution in [0.4, 0.5) is 11.5 Å². The highest BCUT2D eigenvalue weighted by atomic mass is 35.5. The van der Waals surface area contributed by atoms with Crippen molar-refractivity contribution < 1.29 is 0 Å². The molecular formula is C23H16Cl2N10O. The molecule has 178 valence electrons. The van der Waals surface area contributed by atoms with E-state index in [1.54, 1.807) is 41.1 Å². The van der Waals surface area contributed by atoms with Crippen molar-refractivity contribution >= 4 is 47.1 Å². The molecule has 11 nitrogen and oxygen atoms in total. The van der Waals surface area contributed by atoms with Gasteiger partial charge in [0.2, 0.25) is 0 Å². The highest BCUT2D eigenvalue weighted by Crippen LogP contribution is 2.36. The summed E-state index contributed by atoms with van der Waals surface area (Å²) in [7, 11) is 0. The summed E-state index contributed by atoms with van der Waals surface area (Å²) in [5.41, 5.74) is 8.47. The molecule has 4 aromatic rings. The fourth-order valence-electron chi connectivity index (χ4n) is 4.33. The van der Waals surface area contributed by atoms with Gasteiger partial charge in [0.25, 0.3) is 5.56 Å².